The molecule has 0 aliphatic heterocycles. The van der Waals surface area contributed by atoms with E-state index in [9.17, 15) is 30.4 Å². The first-order valence-corrected chi connectivity index (χ1v) is 7.26. The second-order valence-electron chi connectivity index (χ2n) is 4.98. The first-order chi connectivity index (χ1) is 11.8. The van der Waals surface area contributed by atoms with Crippen LogP contribution in [0.3, 0.4) is 0 Å². The van der Waals surface area contributed by atoms with Gasteiger partial charge in [-0.25, -0.2) is 0 Å². The maximum Gasteiger partial charge on any atom is 0.312 e. The van der Waals surface area contributed by atoms with Crippen LogP contribution >= 0.6 is 11.6 Å². The number of aliphatic imine (C=N–C) groups is 1. The number of phenols is 1. The summed E-state index contributed by atoms with van der Waals surface area (Å²) in [4.78, 5) is 24.0. The Balaban J connectivity index is 2.12. The number of nitro groups is 2. The molecule has 0 heterocycles. The van der Waals surface area contributed by atoms with Gasteiger partial charge in [-0.3, -0.25) is 25.2 Å². The average molecular weight is 366 g/mol. The van der Waals surface area contributed by atoms with Crippen LogP contribution in [0.2, 0.25) is 5.02 Å². The van der Waals surface area contributed by atoms with Crippen molar-refractivity contribution in [2.75, 3.05) is 6.54 Å². The standard InChI is InChI=1S/C15H12ClN3O6/c16-11-5-10(15(21)13(6-11)19(24)25)7-17-8-14(20)9-1-3-12(4-2-9)18(22)23/h1-7,14,20-21H,8H2/t14-/m1/s1. The lowest BCUT2D eigenvalue weighted by atomic mass is 10.1. The molecule has 0 fully saturated rings. The molecule has 0 aliphatic carbocycles. The van der Waals surface area contributed by atoms with Crippen molar-refractivity contribution in [3.63, 3.8) is 0 Å². The second kappa shape index (κ2) is 7.69. The van der Waals surface area contributed by atoms with Crippen LogP contribution in [0.4, 0.5) is 11.4 Å². The van der Waals surface area contributed by atoms with Gasteiger partial charge in [0.2, 0.25) is 5.75 Å². The fourth-order valence-electron chi connectivity index (χ4n) is 2.02. The van der Waals surface area contributed by atoms with Gasteiger partial charge in [0.05, 0.1) is 22.5 Å². The molecule has 2 rings (SSSR count). The summed E-state index contributed by atoms with van der Waals surface area (Å²) >= 11 is 5.76. The quantitative estimate of drug-likeness (QED) is 0.458. The number of aliphatic hydroxyl groups is 1. The highest BCUT2D eigenvalue weighted by atomic mass is 35.5. The number of rotatable bonds is 6. The monoisotopic (exact) mass is 365 g/mol. The largest absolute Gasteiger partial charge is 0.502 e. The second-order valence-corrected chi connectivity index (χ2v) is 5.41. The lowest BCUT2D eigenvalue weighted by Gasteiger charge is -2.07. The van der Waals surface area contributed by atoms with Crippen LogP contribution < -0.4 is 0 Å². The number of hydrogen-bond donors (Lipinski definition) is 2. The van der Waals surface area contributed by atoms with E-state index < -0.39 is 27.4 Å². The van der Waals surface area contributed by atoms with Crippen molar-refractivity contribution in [3.05, 3.63) is 72.8 Å². The Morgan fingerprint density at radius 3 is 2.36 bits per heavy atom. The lowest BCUT2D eigenvalue weighted by Crippen LogP contribution is -2.02. The summed E-state index contributed by atoms with van der Waals surface area (Å²) in [5.74, 6) is -0.581. The fourth-order valence-corrected chi connectivity index (χ4v) is 2.24. The van der Waals surface area contributed by atoms with Crippen molar-refractivity contribution >= 4 is 29.2 Å². The first kappa shape index (κ1) is 18.3. The van der Waals surface area contributed by atoms with Crippen molar-refractivity contribution < 1.29 is 20.1 Å². The number of nitrogens with zero attached hydrogens (tertiary/aromatic N) is 3. The number of aromatic hydroxyl groups is 1. The topological polar surface area (TPSA) is 139 Å². The number of aliphatic hydroxyl groups excluding tert-OH is 1. The first-order valence-electron chi connectivity index (χ1n) is 6.88. The molecule has 0 spiro atoms. The Labute approximate surface area is 146 Å². The predicted octanol–water partition coefficient (Wildman–Crippen LogP) is 3.01. The number of benzene rings is 2. The molecule has 0 radical (unpaired) electrons. The van der Waals surface area contributed by atoms with Crippen molar-refractivity contribution in [3.8, 4) is 5.75 Å². The van der Waals surface area contributed by atoms with Gasteiger partial charge < -0.3 is 10.2 Å². The Morgan fingerprint density at radius 2 is 1.80 bits per heavy atom. The molecule has 2 aromatic carbocycles. The third kappa shape index (κ3) is 4.49. The Kier molecular flexibility index (Phi) is 5.63. The zero-order valence-electron chi connectivity index (χ0n) is 12.6. The molecule has 9 nitrogen and oxygen atoms in total. The van der Waals surface area contributed by atoms with Gasteiger partial charge in [-0.1, -0.05) is 11.6 Å². The van der Waals surface area contributed by atoms with E-state index in [2.05, 4.69) is 4.99 Å². The summed E-state index contributed by atoms with van der Waals surface area (Å²) in [6, 6.07) is 7.63. The molecule has 2 N–H and O–H groups in total. The third-order valence-electron chi connectivity index (χ3n) is 3.28. The molecule has 10 heteroatoms. The van der Waals surface area contributed by atoms with E-state index in [4.69, 9.17) is 11.6 Å². The summed E-state index contributed by atoms with van der Waals surface area (Å²) in [5, 5.41) is 41.3. The fraction of sp³-hybridized carbons (Fsp3) is 0.133. The molecule has 2 aromatic rings. The SMILES string of the molecule is O=[N+]([O-])c1ccc([C@H](O)CN=Cc2cc(Cl)cc([N+](=O)[O-])c2O)cc1. The minimum atomic E-state index is -1.03. The van der Waals surface area contributed by atoms with Gasteiger partial charge in [-0.05, 0) is 23.8 Å². The zero-order chi connectivity index (χ0) is 18.6. The van der Waals surface area contributed by atoms with Gasteiger partial charge in [-0.15, -0.1) is 0 Å². The van der Waals surface area contributed by atoms with E-state index in [0.717, 1.165) is 12.3 Å². The Hall–Kier alpha value is -3.04. The van der Waals surface area contributed by atoms with Crippen LogP contribution in [0.15, 0.2) is 41.4 Å². The number of non-ortho nitro benzene ring substituents is 1. The minimum Gasteiger partial charge on any atom is -0.502 e. The summed E-state index contributed by atoms with van der Waals surface area (Å²) in [6.07, 6.45) is 0.122. The molecule has 0 unspecified atom stereocenters. The van der Waals surface area contributed by atoms with E-state index in [-0.39, 0.29) is 22.8 Å². The van der Waals surface area contributed by atoms with Gasteiger partial charge in [0.15, 0.2) is 0 Å². The zero-order valence-corrected chi connectivity index (χ0v) is 13.3. The molecule has 0 bridgehead atoms. The van der Waals surface area contributed by atoms with Crippen LogP contribution in [0, 0.1) is 20.2 Å². The number of phenolic OH excluding ortho intramolecular Hbond substituents is 1. The molecular weight excluding hydrogens is 354 g/mol. The van der Waals surface area contributed by atoms with Crippen LogP contribution in [-0.4, -0.2) is 32.8 Å². The normalized spacial score (nSPS) is 12.2. The summed E-state index contributed by atoms with van der Waals surface area (Å²) in [5.41, 5.74) is -0.195. The van der Waals surface area contributed by atoms with Gasteiger partial charge in [0, 0.05) is 35.0 Å². The summed E-state index contributed by atoms with van der Waals surface area (Å²) in [6.45, 7) is -0.114. The number of halogens is 1. The molecule has 25 heavy (non-hydrogen) atoms. The van der Waals surface area contributed by atoms with E-state index in [1.54, 1.807) is 0 Å². The Morgan fingerprint density at radius 1 is 1.16 bits per heavy atom. The van der Waals surface area contributed by atoms with Crippen LogP contribution in [0.25, 0.3) is 0 Å². The highest BCUT2D eigenvalue weighted by Crippen LogP contribution is 2.32. The van der Waals surface area contributed by atoms with Crippen molar-refractivity contribution in [1.82, 2.24) is 0 Å². The lowest BCUT2D eigenvalue weighted by molar-refractivity contribution is -0.385. The van der Waals surface area contributed by atoms with Gasteiger partial charge in [0.25, 0.3) is 5.69 Å². The maximum atomic E-state index is 10.8. The average Bonchev–Trinajstić information content (AvgIpc) is 2.57. The highest BCUT2D eigenvalue weighted by molar-refractivity contribution is 6.31. The summed E-state index contributed by atoms with van der Waals surface area (Å²) < 4.78 is 0. The molecule has 1 atom stereocenters. The highest BCUT2D eigenvalue weighted by Gasteiger charge is 2.18. The van der Waals surface area contributed by atoms with Crippen LogP contribution in [-0.2, 0) is 0 Å². The van der Waals surface area contributed by atoms with Crippen molar-refractivity contribution in [2.45, 2.75) is 6.10 Å². The van der Waals surface area contributed by atoms with Gasteiger partial charge in [-0.2, -0.15) is 0 Å². The molecule has 0 saturated carbocycles. The van der Waals surface area contributed by atoms with E-state index in [1.165, 1.54) is 30.3 Å². The third-order valence-corrected chi connectivity index (χ3v) is 3.50. The van der Waals surface area contributed by atoms with Crippen LogP contribution in [0.5, 0.6) is 5.75 Å². The van der Waals surface area contributed by atoms with Crippen molar-refractivity contribution in [1.29, 1.82) is 0 Å². The van der Waals surface area contributed by atoms with E-state index in [1.807, 2.05) is 0 Å². The molecule has 0 aromatic heterocycles. The van der Waals surface area contributed by atoms with Gasteiger partial charge >= 0.3 is 5.69 Å². The van der Waals surface area contributed by atoms with Crippen molar-refractivity contribution in [2.24, 2.45) is 4.99 Å². The molecule has 0 aliphatic rings. The number of hydrogen-bond acceptors (Lipinski definition) is 7. The summed E-state index contributed by atoms with van der Waals surface area (Å²) in [7, 11) is 0. The molecular formula is C15H12ClN3O6. The molecule has 130 valence electrons. The predicted molar refractivity (Wildman–Crippen MR) is 90.3 cm³/mol. The number of nitro benzene ring substituents is 2. The van der Waals surface area contributed by atoms with E-state index in [0.29, 0.717) is 5.56 Å². The minimum absolute atomic E-state index is 0.0371. The van der Waals surface area contributed by atoms with Crippen LogP contribution in [0.1, 0.15) is 17.2 Å². The Bertz CT molecular complexity index is 838. The molecule has 0 amide bonds. The smallest absolute Gasteiger partial charge is 0.312 e. The van der Waals surface area contributed by atoms with Gasteiger partial charge in [0.1, 0.15) is 0 Å². The molecule has 0 saturated heterocycles. The maximum absolute atomic E-state index is 10.8. The van der Waals surface area contributed by atoms with E-state index >= 15 is 0 Å².